The summed E-state index contributed by atoms with van der Waals surface area (Å²) in [4.78, 5) is 11.5. The lowest BCUT2D eigenvalue weighted by atomic mass is 9.89. The van der Waals surface area contributed by atoms with Gasteiger partial charge in [0.05, 0.1) is 5.92 Å². The molecule has 0 spiro atoms. The standard InChI is InChI=1S/C13H13ClOS/c1-8(2)12(13(14)15)10-7-16-11-6-4-3-5-9(10)11/h3-8,12H,1-2H3. The van der Waals surface area contributed by atoms with Crippen LogP contribution in [-0.4, -0.2) is 5.24 Å². The average molecular weight is 253 g/mol. The lowest BCUT2D eigenvalue weighted by molar-refractivity contribution is -0.113. The molecule has 0 fully saturated rings. The summed E-state index contributed by atoms with van der Waals surface area (Å²) in [5.41, 5.74) is 1.07. The topological polar surface area (TPSA) is 17.1 Å². The third-order valence-corrected chi connectivity index (χ3v) is 3.97. The summed E-state index contributed by atoms with van der Waals surface area (Å²) in [6, 6.07) is 8.13. The lowest BCUT2D eigenvalue weighted by Crippen LogP contribution is -2.12. The van der Waals surface area contributed by atoms with E-state index < -0.39 is 0 Å². The maximum atomic E-state index is 11.5. The average Bonchev–Trinajstić information content (AvgIpc) is 2.61. The van der Waals surface area contributed by atoms with Crippen molar-refractivity contribution in [2.24, 2.45) is 5.92 Å². The van der Waals surface area contributed by atoms with E-state index in [1.54, 1.807) is 11.3 Å². The highest BCUT2D eigenvalue weighted by atomic mass is 35.5. The fourth-order valence-corrected chi connectivity index (χ4v) is 3.35. The van der Waals surface area contributed by atoms with Gasteiger partial charge in [0.1, 0.15) is 0 Å². The highest BCUT2D eigenvalue weighted by molar-refractivity contribution is 7.17. The van der Waals surface area contributed by atoms with Crippen molar-refractivity contribution >= 4 is 38.3 Å². The molecule has 0 amide bonds. The third kappa shape index (κ3) is 2.00. The zero-order valence-electron chi connectivity index (χ0n) is 9.24. The van der Waals surface area contributed by atoms with Gasteiger partial charge in [-0.25, -0.2) is 0 Å². The number of hydrogen-bond acceptors (Lipinski definition) is 2. The summed E-state index contributed by atoms with van der Waals surface area (Å²) in [5, 5.41) is 2.94. The Morgan fingerprint density at radius 3 is 2.62 bits per heavy atom. The minimum atomic E-state index is -0.265. The Hall–Kier alpha value is -0.860. The maximum absolute atomic E-state index is 11.5. The Balaban J connectivity index is 2.57. The first-order chi connectivity index (χ1) is 7.61. The molecule has 3 heteroatoms. The van der Waals surface area contributed by atoms with E-state index in [0.717, 1.165) is 10.9 Å². The Morgan fingerprint density at radius 1 is 1.31 bits per heavy atom. The highest BCUT2D eigenvalue weighted by Crippen LogP contribution is 2.36. The van der Waals surface area contributed by atoms with Crippen LogP contribution in [-0.2, 0) is 4.79 Å². The molecule has 0 bridgehead atoms. The Labute approximate surface area is 104 Å². The zero-order valence-corrected chi connectivity index (χ0v) is 10.8. The zero-order chi connectivity index (χ0) is 11.7. The van der Waals surface area contributed by atoms with Crippen LogP contribution in [0.15, 0.2) is 29.6 Å². The van der Waals surface area contributed by atoms with Crippen molar-refractivity contribution in [1.29, 1.82) is 0 Å². The molecule has 2 aromatic rings. The van der Waals surface area contributed by atoms with Gasteiger partial charge in [0.25, 0.3) is 0 Å². The van der Waals surface area contributed by atoms with E-state index in [1.807, 2.05) is 26.0 Å². The fourth-order valence-electron chi connectivity index (χ4n) is 1.98. The first-order valence-corrected chi connectivity index (χ1v) is 6.52. The van der Waals surface area contributed by atoms with E-state index in [1.165, 1.54) is 4.70 Å². The molecule has 0 aliphatic carbocycles. The number of rotatable bonds is 3. The molecule has 1 atom stereocenters. The van der Waals surface area contributed by atoms with Gasteiger partial charge >= 0.3 is 0 Å². The maximum Gasteiger partial charge on any atom is 0.229 e. The molecular formula is C13H13ClOS. The van der Waals surface area contributed by atoms with Crippen molar-refractivity contribution in [1.82, 2.24) is 0 Å². The van der Waals surface area contributed by atoms with Crippen LogP contribution in [0.25, 0.3) is 10.1 Å². The second-order valence-electron chi connectivity index (χ2n) is 4.21. The molecule has 0 aliphatic rings. The van der Waals surface area contributed by atoms with E-state index in [-0.39, 0.29) is 17.1 Å². The molecule has 0 radical (unpaired) electrons. The highest BCUT2D eigenvalue weighted by Gasteiger charge is 2.24. The van der Waals surface area contributed by atoms with Crippen LogP contribution in [0.4, 0.5) is 0 Å². The van der Waals surface area contributed by atoms with Gasteiger partial charge in [-0.3, -0.25) is 4.79 Å². The largest absolute Gasteiger partial charge is 0.281 e. The van der Waals surface area contributed by atoms with E-state index >= 15 is 0 Å². The van der Waals surface area contributed by atoms with Crippen molar-refractivity contribution in [3.8, 4) is 0 Å². The van der Waals surface area contributed by atoms with Crippen LogP contribution in [0.3, 0.4) is 0 Å². The summed E-state index contributed by atoms with van der Waals surface area (Å²) < 4.78 is 1.21. The molecule has 0 aliphatic heterocycles. The quantitative estimate of drug-likeness (QED) is 0.740. The molecule has 0 saturated heterocycles. The summed E-state index contributed by atoms with van der Waals surface area (Å²) in [5.74, 6) is 0.0285. The molecule has 1 heterocycles. The molecular weight excluding hydrogens is 240 g/mol. The van der Waals surface area contributed by atoms with Gasteiger partial charge in [0.15, 0.2) is 0 Å². The Bertz CT molecular complexity index is 515. The van der Waals surface area contributed by atoms with E-state index in [9.17, 15) is 4.79 Å². The van der Waals surface area contributed by atoms with Crippen molar-refractivity contribution in [2.75, 3.05) is 0 Å². The van der Waals surface area contributed by atoms with Crippen LogP contribution in [0, 0.1) is 5.92 Å². The van der Waals surface area contributed by atoms with Gasteiger partial charge in [0.2, 0.25) is 5.24 Å². The first-order valence-electron chi connectivity index (χ1n) is 5.26. The first kappa shape index (κ1) is 11.6. The van der Waals surface area contributed by atoms with Crippen LogP contribution >= 0.6 is 22.9 Å². The van der Waals surface area contributed by atoms with Crippen molar-refractivity contribution in [3.63, 3.8) is 0 Å². The van der Waals surface area contributed by atoms with Crippen molar-refractivity contribution in [3.05, 3.63) is 35.2 Å². The fraction of sp³-hybridized carbons (Fsp3) is 0.308. The molecule has 2 rings (SSSR count). The normalized spacial score (nSPS) is 13.2. The second kappa shape index (κ2) is 4.56. The SMILES string of the molecule is CC(C)C(C(=O)Cl)c1csc2ccccc12. The minimum Gasteiger partial charge on any atom is -0.281 e. The summed E-state index contributed by atoms with van der Waals surface area (Å²) in [6.45, 7) is 4.05. The molecule has 16 heavy (non-hydrogen) atoms. The lowest BCUT2D eigenvalue weighted by Gasteiger charge is -2.15. The molecule has 1 aromatic heterocycles. The summed E-state index contributed by atoms with van der Waals surface area (Å²) >= 11 is 7.36. The van der Waals surface area contributed by atoms with Crippen LogP contribution < -0.4 is 0 Å². The molecule has 0 N–H and O–H groups in total. The van der Waals surface area contributed by atoms with E-state index in [0.29, 0.717) is 0 Å². The third-order valence-electron chi connectivity index (χ3n) is 2.76. The molecule has 0 saturated carbocycles. The number of carbonyl (C=O) groups excluding carboxylic acids is 1. The number of thiophene rings is 1. The number of halogens is 1. The van der Waals surface area contributed by atoms with Gasteiger partial charge in [-0.15, -0.1) is 11.3 Å². The smallest absolute Gasteiger partial charge is 0.229 e. The van der Waals surface area contributed by atoms with Gasteiger partial charge in [0, 0.05) is 4.70 Å². The van der Waals surface area contributed by atoms with Crippen LogP contribution in [0.1, 0.15) is 25.3 Å². The van der Waals surface area contributed by atoms with Crippen LogP contribution in [0.5, 0.6) is 0 Å². The number of fused-ring (bicyclic) bond motifs is 1. The van der Waals surface area contributed by atoms with Crippen molar-refractivity contribution in [2.45, 2.75) is 19.8 Å². The van der Waals surface area contributed by atoms with E-state index in [2.05, 4.69) is 17.5 Å². The van der Waals surface area contributed by atoms with Gasteiger partial charge in [-0.05, 0) is 39.9 Å². The molecule has 84 valence electrons. The number of carbonyl (C=O) groups is 1. The van der Waals surface area contributed by atoms with Crippen molar-refractivity contribution < 1.29 is 4.79 Å². The minimum absolute atomic E-state index is 0.196. The summed E-state index contributed by atoms with van der Waals surface area (Å²) in [7, 11) is 0. The Kier molecular flexibility index (Phi) is 3.31. The molecule has 1 aromatic carbocycles. The molecule has 1 nitrogen and oxygen atoms in total. The van der Waals surface area contributed by atoms with Gasteiger partial charge < -0.3 is 0 Å². The predicted molar refractivity (Wildman–Crippen MR) is 70.3 cm³/mol. The Morgan fingerprint density at radius 2 is 2.00 bits per heavy atom. The number of hydrogen-bond donors (Lipinski definition) is 0. The van der Waals surface area contributed by atoms with E-state index in [4.69, 9.17) is 11.6 Å². The second-order valence-corrected chi connectivity index (χ2v) is 5.50. The predicted octanol–water partition coefficient (Wildman–Crippen LogP) is 4.41. The monoisotopic (exact) mass is 252 g/mol. The van der Waals surface area contributed by atoms with Gasteiger partial charge in [-0.1, -0.05) is 32.0 Å². The summed E-state index contributed by atoms with van der Waals surface area (Å²) in [6.07, 6.45) is 0. The molecule has 1 unspecified atom stereocenters. The van der Waals surface area contributed by atoms with Gasteiger partial charge in [-0.2, -0.15) is 0 Å². The van der Waals surface area contributed by atoms with Crippen LogP contribution in [0.2, 0.25) is 0 Å². The number of benzene rings is 1.